The Hall–Kier alpha value is -3.77. The van der Waals surface area contributed by atoms with E-state index in [-0.39, 0.29) is 11.9 Å². The zero-order chi connectivity index (χ0) is 24.2. The standard InChI is InChI=1S/C29H30N2O4/c1-33-24-17-11-15-22(27(24)34-2)26(31-18-9-4-10-19-31)28-25(21-14-7-8-16-23(21)35-28)30-29(32)20-12-5-3-6-13-20/h3,5-8,11-17,26H,4,9-10,18-19H2,1-2H3,(H,30,32). The second-order valence-electron chi connectivity index (χ2n) is 8.74. The van der Waals surface area contributed by atoms with E-state index in [2.05, 4.69) is 16.3 Å². The lowest BCUT2D eigenvalue weighted by molar-refractivity contribution is 0.102. The molecule has 1 unspecified atom stereocenters. The maximum Gasteiger partial charge on any atom is 0.255 e. The van der Waals surface area contributed by atoms with Crippen LogP contribution in [0.2, 0.25) is 0 Å². The topological polar surface area (TPSA) is 63.9 Å². The third kappa shape index (κ3) is 4.49. The van der Waals surface area contributed by atoms with Crippen molar-refractivity contribution in [2.45, 2.75) is 25.3 Å². The molecule has 1 amide bonds. The van der Waals surface area contributed by atoms with Gasteiger partial charge in [0.05, 0.1) is 25.9 Å². The summed E-state index contributed by atoms with van der Waals surface area (Å²) >= 11 is 0. The van der Waals surface area contributed by atoms with Gasteiger partial charge in [0, 0.05) is 16.5 Å². The van der Waals surface area contributed by atoms with Crippen molar-refractivity contribution in [3.8, 4) is 11.5 Å². The molecule has 5 rings (SSSR count). The molecule has 4 aromatic rings. The SMILES string of the molecule is COc1cccc(C(c2oc3ccccc3c2NC(=O)c2ccccc2)N2CCCCC2)c1OC. The Kier molecular flexibility index (Phi) is 6.73. The van der Waals surface area contributed by atoms with E-state index in [4.69, 9.17) is 13.9 Å². The fourth-order valence-corrected chi connectivity index (χ4v) is 4.97. The average Bonchev–Trinajstić information content (AvgIpc) is 3.27. The Bertz CT molecular complexity index is 1310. The van der Waals surface area contributed by atoms with E-state index in [1.165, 1.54) is 6.42 Å². The summed E-state index contributed by atoms with van der Waals surface area (Å²) in [6.45, 7) is 1.85. The minimum atomic E-state index is -0.251. The zero-order valence-corrected chi connectivity index (χ0v) is 20.1. The number of piperidine rings is 1. The van der Waals surface area contributed by atoms with Crippen LogP contribution in [0.4, 0.5) is 5.69 Å². The van der Waals surface area contributed by atoms with Crippen molar-refractivity contribution in [1.82, 2.24) is 4.90 Å². The van der Waals surface area contributed by atoms with Crippen molar-refractivity contribution in [3.05, 3.63) is 89.7 Å². The van der Waals surface area contributed by atoms with E-state index in [0.717, 1.165) is 42.5 Å². The number of carbonyl (C=O) groups excluding carboxylic acids is 1. The molecular weight excluding hydrogens is 440 g/mol. The first kappa shape index (κ1) is 23.0. The summed E-state index contributed by atoms with van der Waals surface area (Å²) in [5.41, 5.74) is 2.96. The van der Waals surface area contributed by atoms with Gasteiger partial charge in [0.15, 0.2) is 17.3 Å². The average molecular weight is 471 g/mol. The number of methoxy groups -OCH3 is 2. The van der Waals surface area contributed by atoms with Gasteiger partial charge in [0.2, 0.25) is 0 Å². The Morgan fingerprint density at radius 2 is 1.63 bits per heavy atom. The van der Waals surface area contributed by atoms with Crippen LogP contribution in [0.5, 0.6) is 11.5 Å². The van der Waals surface area contributed by atoms with Crippen molar-refractivity contribution < 1.29 is 18.7 Å². The minimum Gasteiger partial charge on any atom is -0.493 e. The molecule has 0 bridgehead atoms. The Morgan fingerprint density at radius 1 is 0.886 bits per heavy atom. The third-order valence-corrected chi connectivity index (χ3v) is 6.63. The first-order chi connectivity index (χ1) is 17.2. The number of hydrogen-bond donors (Lipinski definition) is 1. The van der Waals surface area contributed by atoms with Gasteiger partial charge in [-0.1, -0.05) is 48.9 Å². The largest absolute Gasteiger partial charge is 0.493 e. The van der Waals surface area contributed by atoms with Crippen LogP contribution >= 0.6 is 0 Å². The molecule has 1 N–H and O–H groups in total. The lowest BCUT2D eigenvalue weighted by Gasteiger charge is -2.35. The predicted octanol–water partition coefficient (Wildman–Crippen LogP) is 6.28. The first-order valence-corrected chi connectivity index (χ1v) is 12.0. The van der Waals surface area contributed by atoms with E-state index in [1.807, 2.05) is 66.7 Å². The number of ether oxygens (including phenoxy) is 2. The van der Waals surface area contributed by atoms with E-state index < -0.39 is 0 Å². The van der Waals surface area contributed by atoms with E-state index in [9.17, 15) is 4.79 Å². The molecule has 0 spiro atoms. The number of benzene rings is 3. The number of anilines is 1. The molecule has 0 aliphatic carbocycles. The molecule has 1 aromatic heterocycles. The molecule has 0 saturated carbocycles. The van der Waals surface area contributed by atoms with Crippen LogP contribution in [0.3, 0.4) is 0 Å². The summed E-state index contributed by atoms with van der Waals surface area (Å²) in [5, 5.41) is 4.04. The lowest BCUT2D eigenvalue weighted by Crippen LogP contribution is -2.35. The number of fused-ring (bicyclic) bond motifs is 1. The molecule has 1 fully saturated rings. The van der Waals surface area contributed by atoms with Crippen LogP contribution in [0, 0.1) is 0 Å². The molecule has 1 saturated heterocycles. The third-order valence-electron chi connectivity index (χ3n) is 6.63. The number of para-hydroxylation sites is 2. The molecule has 35 heavy (non-hydrogen) atoms. The highest BCUT2D eigenvalue weighted by atomic mass is 16.5. The Balaban J connectivity index is 1.69. The lowest BCUT2D eigenvalue weighted by atomic mass is 9.96. The summed E-state index contributed by atoms with van der Waals surface area (Å²) in [7, 11) is 3.30. The summed E-state index contributed by atoms with van der Waals surface area (Å²) in [4.78, 5) is 15.7. The van der Waals surface area contributed by atoms with Gasteiger partial charge in [-0.3, -0.25) is 9.69 Å². The summed E-state index contributed by atoms with van der Waals surface area (Å²) in [6, 6.07) is 22.7. The summed E-state index contributed by atoms with van der Waals surface area (Å²) in [6.07, 6.45) is 3.42. The molecule has 1 aliphatic rings. The second-order valence-corrected chi connectivity index (χ2v) is 8.74. The number of carbonyl (C=O) groups is 1. The van der Waals surface area contributed by atoms with Crippen LogP contribution in [-0.2, 0) is 0 Å². The molecule has 3 aromatic carbocycles. The van der Waals surface area contributed by atoms with E-state index in [0.29, 0.717) is 28.5 Å². The van der Waals surface area contributed by atoms with E-state index >= 15 is 0 Å². The van der Waals surface area contributed by atoms with Crippen LogP contribution < -0.4 is 14.8 Å². The summed E-state index contributed by atoms with van der Waals surface area (Å²) < 4.78 is 18.0. The molecule has 6 nitrogen and oxygen atoms in total. The maximum absolute atomic E-state index is 13.3. The van der Waals surface area contributed by atoms with Gasteiger partial charge in [0.25, 0.3) is 5.91 Å². The van der Waals surface area contributed by atoms with Gasteiger partial charge in [-0.05, 0) is 56.3 Å². The van der Waals surface area contributed by atoms with Gasteiger partial charge < -0.3 is 19.2 Å². The molecule has 2 heterocycles. The molecule has 1 aliphatic heterocycles. The van der Waals surface area contributed by atoms with Crippen LogP contribution in [0.25, 0.3) is 11.0 Å². The fourth-order valence-electron chi connectivity index (χ4n) is 4.97. The normalized spacial score (nSPS) is 15.0. The molecular formula is C29H30N2O4. The van der Waals surface area contributed by atoms with E-state index in [1.54, 1.807) is 14.2 Å². The van der Waals surface area contributed by atoms with Crippen molar-refractivity contribution in [2.24, 2.45) is 0 Å². The maximum atomic E-state index is 13.3. The highest BCUT2D eigenvalue weighted by Crippen LogP contribution is 2.46. The number of likely N-dealkylation sites (tertiary alicyclic amines) is 1. The number of rotatable bonds is 7. The number of nitrogens with zero attached hydrogens (tertiary/aromatic N) is 1. The molecule has 0 radical (unpaired) electrons. The quantitative estimate of drug-likeness (QED) is 0.344. The molecule has 6 heteroatoms. The molecule has 1 atom stereocenters. The number of hydrogen-bond acceptors (Lipinski definition) is 5. The van der Waals surface area contributed by atoms with Crippen molar-refractivity contribution in [1.29, 1.82) is 0 Å². The predicted molar refractivity (Wildman–Crippen MR) is 137 cm³/mol. The highest BCUT2D eigenvalue weighted by molar-refractivity contribution is 6.09. The number of furan rings is 1. The van der Waals surface area contributed by atoms with Crippen molar-refractivity contribution in [2.75, 3.05) is 32.6 Å². The number of amides is 1. The van der Waals surface area contributed by atoms with Gasteiger partial charge in [-0.25, -0.2) is 0 Å². The first-order valence-electron chi connectivity index (χ1n) is 12.0. The van der Waals surface area contributed by atoms with Crippen LogP contribution in [-0.4, -0.2) is 38.1 Å². The smallest absolute Gasteiger partial charge is 0.255 e. The van der Waals surface area contributed by atoms with Gasteiger partial charge >= 0.3 is 0 Å². The molecule has 180 valence electrons. The Morgan fingerprint density at radius 3 is 2.37 bits per heavy atom. The second kappa shape index (κ2) is 10.2. The van der Waals surface area contributed by atoms with Crippen LogP contribution in [0.1, 0.15) is 47.0 Å². The fraction of sp³-hybridized carbons (Fsp3) is 0.276. The van der Waals surface area contributed by atoms with Crippen molar-refractivity contribution >= 4 is 22.6 Å². The zero-order valence-electron chi connectivity index (χ0n) is 20.1. The van der Waals surface area contributed by atoms with Gasteiger partial charge in [0.1, 0.15) is 5.58 Å². The monoisotopic (exact) mass is 470 g/mol. The summed E-state index contributed by atoms with van der Waals surface area (Å²) in [5.74, 6) is 1.86. The number of nitrogens with one attached hydrogen (secondary N) is 1. The van der Waals surface area contributed by atoms with Crippen LogP contribution in [0.15, 0.2) is 77.2 Å². The Labute approximate surface area is 205 Å². The van der Waals surface area contributed by atoms with Crippen molar-refractivity contribution in [3.63, 3.8) is 0 Å². The highest BCUT2D eigenvalue weighted by Gasteiger charge is 2.34. The van der Waals surface area contributed by atoms with Gasteiger partial charge in [-0.2, -0.15) is 0 Å². The van der Waals surface area contributed by atoms with Gasteiger partial charge in [-0.15, -0.1) is 0 Å². The minimum absolute atomic E-state index is 0.173.